The van der Waals surface area contributed by atoms with Gasteiger partial charge in [-0.05, 0) is 71.4 Å². The smallest absolute Gasteiger partial charge is 0.324 e. The molecule has 4 N–H and O–H groups in total. The van der Waals surface area contributed by atoms with Crippen LogP contribution in [0.3, 0.4) is 0 Å². The topological polar surface area (TPSA) is 115 Å². The summed E-state index contributed by atoms with van der Waals surface area (Å²) in [6, 6.07) is 7.03. The Bertz CT molecular complexity index is 903. The van der Waals surface area contributed by atoms with Crippen molar-refractivity contribution in [3.05, 3.63) is 70.3 Å². The van der Waals surface area contributed by atoms with Gasteiger partial charge in [0.2, 0.25) is 0 Å². The average molecular weight is 470 g/mol. The van der Waals surface area contributed by atoms with Crippen LogP contribution in [0.2, 0.25) is 0 Å². The number of allylic oxidation sites excluding steroid dienone is 6. The lowest BCUT2D eigenvalue weighted by atomic mass is 10.0. The van der Waals surface area contributed by atoms with Gasteiger partial charge < -0.3 is 19.6 Å². The summed E-state index contributed by atoms with van der Waals surface area (Å²) >= 11 is 0. The first-order chi connectivity index (χ1) is 14.2. The van der Waals surface area contributed by atoms with Crippen LogP contribution in [0.1, 0.15) is 65.0 Å². The lowest BCUT2D eigenvalue weighted by Gasteiger charge is -2.34. The number of hydrogen-bond donors (Lipinski definition) is 4. The highest BCUT2D eigenvalue weighted by atomic mass is 31.2. The lowest BCUT2D eigenvalue weighted by molar-refractivity contribution is 0.305. The van der Waals surface area contributed by atoms with E-state index in [2.05, 4.69) is 6.08 Å². The van der Waals surface area contributed by atoms with Gasteiger partial charge in [0.15, 0.2) is 4.90 Å². The maximum Gasteiger partial charge on any atom is 0.344 e. The van der Waals surface area contributed by atoms with Crippen molar-refractivity contribution in [3.8, 4) is 0 Å². The molecule has 0 atom stereocenters. The molecule has 1 aromatic carbocycles. The van der Waals surface area contributed by atoms with Crippen molar-refractivity contribution in [2.75, 3.05) is 0 Å². The Morgan fingerprint density at radius 1 is 0.871 bits per heavy atom. The van der Waals surface area contributed by atoms with E-state index in [1.165, 1.54) is 5.57 Å². The highest BCUT2D eigenvalue weighted by Crippen LogP contribution is 2.72. The minimum atomic E-state index is -5.17. The maximum absolute atomic E-state index is 12.5. The molecule has 0 aromatic heterocycles. The molecule has 0 bridgehead atoms. The van der Waals surface area contributed by atoms with Crippen LogP contribution in [0.5, 0.6) is 0 Å². The highest BCUT2D eigenvalue weighted by Gasteiger charge is 2.59. The maximum atomic E-state index is 12.5. The summed E-state index contributed by atoms with van der Waals surface area (Å²) in [6.45, 7) is 9.73. The molecule has 6 nitrogen and oxygen atoms in total. The van der Waals surface area contributed by atoms with Crippen molar-refractivity contribution < 1.29 is 28.7 Å². The van der Waals surface area contributed by atoms with Crippen molar-refractivity contribution in [3.63, 3.8) is 0 Å². The fourth-order valence-electron chi connectivity index (χ4n) is 3.23. The normalized spacial score (nSPS) is 13.1. The van der Waals surface area contributed by atoms with E-state index in [4.69, 9.17) is 0 Å². The number of hydrogen-bond acceptors (Lipinski definition) is 2. The molecule has 31 heavy (non-hydrogen) atoms. The van der Waals surface area contributed by atoms with Crippen LogP contribution in [0.4, 0.5) is 0 Å². The third kappa shape index (κ3) is 8.65. The second-order valence-corrected chi connectivity index (χ2v) is 12.9. The molecule has 1 aromatic rings. The van der Waals surface area contributed by atoms with E-state index in [0.29, 0.717) is 18.4 Å². The van der Waals surface area contributed by atoms with Crippen molar-refractivity contribution in [1.29, 1.82) is 0 Å². The van der Waals surface area contributed by atoms with Crippen LogP contribution in [-0.4, -0.2) is 24.5 Å². The third-order valence-corrected chi connectivity index (χ3v) is 9.59. The van der Waals surface area contributed by atoms with Gasteiger partial charge >= 0.3 is 15.2 Å². The molecular weight excluding hydrogens is 434 g/mol. The molecule has 0 heterocycles. The van der Waals surface area contributed by atoms with Crippen LogP contribution in [0.15, 0.2) is 59.2 Å². The van der Waals surface area contributed by atoms with E-state index in [0.717, 1.165) is 23.1 Å². The molecular formula is C23H36O6P2. The van der Waals surface area contributed by atoms with Gasteiger partial charge in [-0.1, -0.05) is 59.2 Å². The summed E-state index contributed by atoms with van der Waals surface area (Å²) in [7, 11) is -10.3. The van der Waals surface area contributed by atoms with Crippen molar-refractivity contribution in [2.24, 2.45) is 0 Å². The van der Waals surface area contributed by atoms with Crippen molar-refractivity contribution in [2.45, 2.75) is 71.6 Å². The molecule has 0 aliphatic carbocycles. The first-order valence-electron chi connectivity index (χ1n) is 10.3. The monoisotopic (exact) mass is 470 g/mol. The Labute approximate surface area is 186 Å². The molecule has 0 unspecified atom stereocenters. The molecule has 0 radical (unpaired) electrons. The Morgan fingerprint density at radius 3 is 1.94 bits per heavy atom. The van der Waals surface area contributed by atoms with Gasteiger partial charge in [0.25, 0.3) is 0 Å². The van der Waals surface area contributed by atoms with E-state index in [-0.39, 0.29) is 0 Å². The minimum Gasteiger partial charge on any atom is -0.324 e. The van der Waals surface area contributed by atoms with Crippen molar-refractivity contribution >= 4 is 15.2 Å². The zero-order valence-electron chi connectivity index (χ0n) is 19.1. The Hall–Kier alpha value is -1.26. The Balaban J connectivity index is 3.32. The van der Waals surface area contributed by atoms with Gasteiger partial charge in [0, 0.05) is 6.42 Å². The molecule has 1 rings (SSSR count). The Morgan fingerprint density at radius 2 is 1.42 bits per heavy atom. The Kier molecular flexibility index (Phi) is 10.4. The van der Waals surface area contributed by atoms with Gasteiger partial charge in [-0.3, -0.25) is 9.13 Å². The summed E-state index contributed by atoms with van der Waals surface area (Å²) in [5.41, 5.74) is 4.54. The van der Waals surface area contributed by atoms with Gasteiger partial charge in [-0.25, -0.2) is 0 Å². The first kappa shape index (κ1) is 27.8. The standard InChI is InChI=1S/C23H36O6P2/c1-18(2)8-6-9-20(5)14-15-23(30(24,25)26,31(27,28)29)17-22-11-7-10-21(16-22)13-12-19(3)4/h7-8,10-12,14,16H,6,9,13,15,17H2,1-5H3,(H2,24,25,26)(H2,27,28,29)/b20-14+. The quantitative estimate of drug-likeness (QED) is 0.237. The second-order valence-electron chi connectivity index (χ2n) is 8.63. The molecule has 0 fully saturated rings. The summed E-state index contributed by atoms with van der Waals surface area (Å²) in [6.07, 6.45) is 6.87. The summed E-state index contributed by atoms with van der Waals surface area (Å²) < 4.78 is 24.9. The van der Waals surface area contributed by atoms with Crippen LogP contribution in [0, 0.1) is 0 Å². The van der Waals surface area contributed by atoms with E-state index in [1.807, 2.05) is 46.8 Å². The van der Waals surface area contributed by atoms with Crippen LogP contribution < -0.4 is 0 Å². The first-order valence-corrected chi connectivity index (χ1v) is 13.5. The van der Waals surface area contributed by atoms with E-state index >= 15 is 0 Å². The minimum absolute atomic E-state index is 0.402. The molecule has 8 heteroatoms. The van der Waals surface area contributed by atoms with Gasteiger partial charge in [-0.15, -0.1) is 0 Å². The van der Waals surface area contributed by atoms with Gasteiger partial charge in [-0.2, -0.15) is 0 Å². The summed E-state index contributed by atoms with van der Waals surface area (Å²) in [4.78, 5) is 37.9. The van der Waals surface area contributed by atoms with E-state index < -0.39 is 32.9 Å². The molecule has 0 amide bonds. The molecule has 174 valence electrons. The predicted molar refractivity (Wildman–Crippen MR) is 127 cm³/mol. The summed E-state index contributed by atoms with van der Waals surface area (Å²) in [5, 5.41) is 0. The number of benzene rings is 1. The largest absolute Gasteiger partial charge is 0.344 e. The van der Waals surface area contributed by atoms with Crippen LogP contribution in [0.25, 0.3) is 0 Å². The highest BCUT2D eigenvalue weighted by molar-refractivity contribution is 7.72. The predicted octanol–water partition coefficient (Wildman–Crippen LogP) is 5.87. The van der Waals surface area contributed by atoms with Crippen LogP contribution in [-0.2, 0) is 22.0 Å². The lowest BCUT2D eigenvalue weighted by Crippen LogP contribution is -2.31. The zero-order valence-corrected chi connectivity index (χ0v) is 20.9. The summed E-state index contributed by atoms with van der Waals surface area (Å²) in [5.74, 6) is 0. The molecule has 0 spiro atoms. The second kappa shape index (κ2) is 11.6. The fraction of sp³-hybridized carbons (Fsp3) is 0.478. The van der Waals surface area contributed by atoms with Crippen LogP contribution >= 0.6 is 15.2 Å². The SMILES string of the molecule is CC(C)=CCC/C(C)=C/CC(Cc1cccc(CC=C(C)C)c1)(P(=O)(O)O)P(=O)(O)O. The zero-order chi connectivity index (χ0) is 23.9. The van der Waals surface area contributed by atoms with Crippen molar-refractivity contribution in [1.82, 2.24) is 0 Å². The van der Waals surface area contributed by atoms with E-state index in [9.17, 15) is 28.7 Å². The van der Waals surface area contributed by atoms with Gasteiger partial charge in [0.05, 0.1) is 0 Å². The molecule has 0 aliphatic rings. The number of rotatable bonds is 11. The molecule has 0 saturated heterocycles. The molecule has 0 saturated carbocycles. The van der Waals surface area contributed by atoms with E-state index in [1.54, 1.807) is 24.3 Å². The fourth-order valence-corrected chi connectivity index (χ4v) is 6.02. The average Bonchev–Trinajstić information content (AvgIpc) is 2.61. The molecule has 0 aliphatic heterocycles. The van der Waals surface area contributed by atoms with Gasteiger partial charge in [0.1, 0.15) is 0 Å². The third-order valence-electron chi connectivity index (χ3n) is 5.18.